The number of nitrogens with one attached hydrogen (secondary N) is 1. The van der Waals surface area contributed by atoms with Gasteiger partial charge in [0.15, 0.2) is 5.69 Å². The molecule has 174 valence electrons. The summed E-state index contributed by atoms with van der Waals surface area (Å²) in [6.07, 6.45) is 3.85. The van der Waals surface area contributed by atoms with E-state index in [1.165, 1.54) is 36.2 Å². The van der Waals surface area contributed by atoms with Gasteiger partial charge in [-0.25, -0.2) is 4.98 Å². The zero-order valence-corrected chi connectivity index (χ0v) is 18.1. The van der Waals surface area contributed by atoms with Gasteiger partial charge in [0, 0.05) is 36.0 Å². The van der Waals surface area contributed by atoms with E-state index in [2.05, 4.69) is 37.5 Å². The van der Waals surface area contributed by atoms with E-state index in [1.807, 2.05) is 16.8 Å². The van der Waals surface area contributed by atoms with Gasteiger partial charge in [0.05, 0.1) is 18.6 Å². The average Bonchev–Trinajstić information content (AvgIpc) is 3.35. The van der Waals surface area contributed by atoms with Gasteiger partial charge in [0.2, 0.25) is 0 Å². The molecule has 4 heterocycles. The molecule has 6 rings (SSSR count). The number of nitrogens with zero attached hydrogens (tertiary/aromatic N) is 5. The minimum Gasteiger partial charge on any atom is -0.493 e. The Morgan fingerprint density at radius 2 is 1.94 bits per heavy atom. The molecular weight excluding hydrogens is 445 g/mol. The summed E-state index contributed by atoms with van der Waals surface area (Å²) in [7, 11) is 0. The molecular formula is C24H21F3N6O. The number of pyridine rings is 1. The normalized spacial score (nSPS) is 17.9. The lowest BCUT2D eigenvalue weighted by Crippen LogP contribution is -2.19. The second-order valence-electron chi connectivity index (χ2n) is 8.77. The predicted molar refractivity (Wildman–Crippen MR) is 117 cm³/mol. The Morgan fingerprint density at radius 3 is 2.76 bits per heavy atom. The number of alkyl halides is 3. The van der Waals surface area contributed by atoms with E-state index >= 15 is 0 Å². The molecule has 10 heteroatoms. The molecule has 0 amide bonds. The molecule has 1 atom stereocenters. The van der Waals surface area contributed by atoms with Gasteiger partial charge in [-0.1, -0.05) is 12.1 Å². The summed E-state index contributed by atoms with van der Waals surface area (Å²) in [6, 6.07) is 9.36. The van der Waals surface area contributed by atoms with E-state index in [0.717, 1.165) is 18.7 Å². The van der Waals surface area contributed by atoms with Crippen molar-refractivity contribution in [3.05, 3.63) is 65.9 Å². The number of aromatic nitrogens is 6. The van der Waals surface area contributed by atoms with Gasteiger partial charge in [-0.3, -0.25) is 4.98 Å². The molecule has 3 aromatic heterocycles. The molecule has 0 spiro atoms. The summed E-state index contributed by atoms with van der Waals surface area (Å²) in [5, 5.41) is 9.03. The molecule has 1 aromatic carbocycles. The number of aromatic amines is 1. The van der Waals surface area contributed by atoms with Crippen molar-refractivity contribution in [2.45, 2.75) is 43.8 Å². The molecule has 0 radical (unpaired) electrons. The van der Waals surface area contributed by atoms with Crippen molar-refractivity contribution in [1.29, 1.82) is 0 Å². The number of H-pyrrole nitrogens is 1. The first-order chi connectivity index (χ1) is 16.5. The Labute approximate surface area is 193 Å². The van der Waals surface area contributed by atoms with Gasteiger partial charge in [-0.15, -0.1) is 0 Å². The maximum absolute atomic E-state index is 13.2. The smallest absolute Gasteiger partial charge is 0.437 e. The van der Waals surface area contributed by atoms with Crippen LogP contribution in [0.5, 0.6) is 5.75 Å². The SMILES string of the molecule is FC(F)(F)c1n[nH]nc1-c1ccnc(-c2cn(C[C@@H]3CCOc4cccc(C5CC5)c43)cn2)c1. The fourth-order valence-corrected chi connectivity index (χ4v) is 4.71. The van der Waals surface area contributed by atoms with E-state index in [1.54, 1.807) is 12.4 Å². The number of fused-ring (bicyclic) bond motifs is 1. The molecule has 0 saturated heterocycles. The van der Waals surface area contributed by atoms with Crippen LogP contribution in [0.15, 0.2) is 49.1 Å². The summed E-state index contributed by atoms with van der Waals surface area (Å²) < 4.78 is 47.7. The number of ether oxygens (including phenoxy) is 1. The van der Waals surface area contributed by atoms with Crippen LogP contribution in [-0.4, -0.2) is 36.6 Å². The van der Waals surface area contributed by atoms with Crippen LogP contribution in [0, 0.1) is 0 Å². The van der Waals surface area contributed by atoms with E-state index < -0.39 is 11.9 Å². The molecule has 0 bridgehead atoms. The average molecular weight is 466 g/mol. The highest BCUT2D eigenvalue weighted by molar-refractivity contribution is 5.67. The summed E-state index contributed by atoms with van der Waals surface area (Å²) in [6.45, 7) is 1.42. The van der Waals surface area contributed by atoms with Crippen LogP contribution in [0.3, 0.4) is 0 Å². The summed E-state index contributed by atoms with van der Waals surface area (Å²) in [5.41, 5.74) is 2.71. The van der Waals surface area contributed by atoms with Crippen LogP contribution in [0.2, 0.25) is 0 Å². The van der Waals surface area contributed by atoms with Crippen LogP contribution < -0.4 is 4.74 Å². The third kappa shape index (κ3) is 3.82. The number of hydrogen-bond acceptors (Lipinski definition) is 5. The van der Waals surface area contributed by atoms with Crippen molar-refractivity contribution in [3.63, 3.8) is 0 Å². The summed E-state index contributed by atoms with van der Waals surface area (Å²) >= 11 is 0. The minimum atomic E-state index is -4.60. The zero-order valence-electron chi connectivity index (χ0n) is 18.1. The van der Waals surface area contributed by atoms with Gasteiger partial charge >= 0.3 is 6.18 Å². The fourth-order valence-electron chi connectivity index (χ4n) is 4.71. The molecule has 1 N–H and O–H groups in total. The first-order valence-corrected chi connectivity index (χ1v) is 11.2. The molecule has 34 heavy (non-hydrogen) atoms. The Hall–Kier alpha value is -3.69. The lowest BCUT2D eigenvalue weighted by Gasteiger charge is -2.28. The van der Waals surface area contributed by atoms with Gasteiger partial charge < -0.3 is 9.30 Å². The number of benzene rings is 1. The first kappa shape index (κ1) is 20.9. The van der Waals surface area contributed by atoms with Gasteiger partial charge in [-0.2, -0.15) is 28.6 Å². The molecule has 1 aliphatic carbocycles. The molecule has 0 unspecified atom stereocenters. The highest BCUT2D eigenvalue weighted by Gasteiger charge is 2.38. The van der Waals surface area contributed by atoms with E-state index in [9.17, 15) is 13.2 Å². The third-order valence-corrected chi connectivity index (χ3v) is 6.43. The van der Waals surface area contributed by atoms with Crippen molar-refractivity contribution >= 4 is 0 Å². The maximum Gasteiger partial charge on any atom is 0.437 e. The topological polar surface area (TPSA) is 81.5 Å². The second-order valence-corrected chi connectivity index (χ2v) is 8.77. The third-order valence-electron chi connectivity index (χ3n) is 6.43. The van der Waals surface area contributed by atoms with Crippen molar-refractivity contribution in [3.8, 4) is 28.4 Å². The van der Waals surface area contributed by atoms with Crippen molar-refractivity contribution in [2.75, 3.05) is 6.61 Å². The Bertz CT molecular complexity index is 1340. The van der Waals surface area contributed by atoms with Crippen molar-refractivity contribution in [2.24, 2.45) is 0 Å². The number of imidazole rings is 1. The molecule has 2 aliphatic rings. The van der Waals surface area contributed by atoms with Gasteiger partial charge in [-0.05, 0) is 48.9 Å². The minimum absolute atomic E-state index is 0.262. The van der Waals surface area contributed by atoms with Crippen molar-refractivity contribution < 1.29 is 17.9 Å². The van der Waals surface area contributed by atoms with Gasteiger partial charge in [0.1, 0.15) is 17.1 Å². The highest BCUT2D eigenvalue weighted by atomic mass is 19.4. The zero-order chi connectivity index (χ0) is 23.3. The van der Waals surface area contributed by atoms with Gasteiger partial charge in [0.25, 0.3) is 0 Å². The molecule has 1 saturated carbocycles. The van der Waals surface area contributed by atoms with Crippen LogP contribution in [0.1, 0.15) is 47.9 Å². The number of rotatable bonds is 5. The van der Waals surface area contributed by atoms with Crippen LogP contribution in [0.25, 0.3) is 22.6 Å². The van der Waals surface area contributed by atoms with E-state index in [-0.39, 0.29) is 11.3 Å². The van der Waals surface area contributed by atoms with E-state index in [0.29, 0.717) is 29.8 Å². The summed E-state index contributed by atoms with van der Waals surface area (Å²) in [4.78, 5) is 8.79. The standard InChI is InChI=1S/C24H21F3N6O/c25-24(26,27)23-22(30-32-31-23)15-6-8-28-18(10-15)19-12-33(13-29-19)11-16-7-9-34-20-3-1-2-17(21(16)20)14-4-5-14/h1-3,6,8,10,12-14,16H,4-5,7,9,11H2,(H,30,31,32)/t16-/m0/s1. The highest BCUT2D eigenvalue weighted by Crippen LogP contribution is 2.48. The monoisotopic (exact) mass is 466 g/mol. The number of halogens is 3. The molecule has 7 nitrogen and oxygen atoms in total. The van der Waals surface area contributed by atoms with Crippen LogP contribution in [-0.2, 0) is 12.7 Å². The van der Waals surface area contributed by atoms with Crippen LogP contribution >= 0.6 is 0 Å². The predicted octanol–water partition coefficient (Wildman–Crippen LogP) is 5.19. The largest absolute Gasteiger partial charge is 0.493 e. The fraction of sp³-hybridized carbons (Fsp3) is 0.333. The Kier molecular flexibility index (Phi) is 4.89. The summed E-state index contributed by atoms with van der Waals surface area (Å²) in [5.74, 6) is 1.91. The first-order valence-electron chi connectivity index (χ1n) is 11.2. The quantitative estimate of drug-likeness (QED) is 0.438. The molecule has 1 aliphatic heterocycles. The second kappa shape index (κ2) is 7.96. The van der Waals surface area contributed by atoms with Crippen LogP contribution in [0.4, 0.5) is 13.2 Å². The Balaban J connectivity index is 1.27. The lowest BCUT2D eigenvalue weighted by atomic mass is 9.87. The molecule has 1 fully saturated rings. The van der Waals surface area contributed by atoms with E-state index in [4.69, 9.17) is 4.74 Å². The number of hydrogen-bond donors (Lipinski definition) is 1. The van der Waals surface area contributed by atoms with Crippen molar-refractivity contribution in [1.82, 2.24) is 29.9 Å². The molecule has 4 aromatic rings. The maximum atomic E-state index is 13.2. The Morgan fingerprint density at radius 1 is 1.06 bits per heavy atom. The lowest BCUT2D eigenvalue weighted by molar-refractivity contribution is -0.140.